The third kappa shape index (κ3) is 3.55. The van der Waals surface area contributed by atoms with Gasteiger partial charge in [-0.3, -0.25) is 0 Å². The van der Waals surface area contributed by atoms with Crippen LogP contribution in [0, 0.1) is 5.82 Å². The van der Waals surface area contributed by atoms with Gasteiger partial charge in [0.15, 0.2) is 0 Å². The zero-order valence-corrected chi connectivity index (χ0v) is 11.6. The van der Waals surface area contributed by atoms with Crippen molar-refractivity contribution in [3.05, 3.63) is 59.9 Å². The molecule has 0 unspecified atom stereocenters. The van der Waals surface area contributed by atoms with Gasteiger partial charge in [-0.25, -0.2) is 12.8 Å². The number of anilines is 1. The molecule has 0 amide bonds. The molecule has 3 nitrogen and oxygen atoms in total. The number of alkyl halides is 2. The van der Waals surface area contributed by atoms with Crippen LogP contribution in [0.15, 0.2) is 53.4 Å². The van der Waals surface area contributed by atoms with Crippen molar-refractivity contribution in [3.8, 4) is 0 Å². The van der Waals surface area contributed by atoms with Crippen LogP contribution in [0.25, 0.3) is 0 Å². The van der Waals surface area contributed by atoms with Gasteiger partial charge < -0.3 is 5.32 Å². The SMILES string of the molecule is O=S(=O)(c1ccccc1NCc1cccc(F)c1)C(F)F. The zero-order valence-electron chi connectivity index (χ0n) is 10.8. The van der Waals surface area contributed by atoms with E-state index in [1.807, 2.05) is 0 Å². The minimum absolute atomic E-state index is 0.0575. The number of sulfone groups is 1. The Morgan fingerprint density at radius 3 is 2.43 bits per heavy atom. The first kappa shape index (κ1) is 15.4. The number of para-hydroxylation sites is 1. The molecule has 0 atom stereocenters. The van der Waals surface area contributed by atoms with E-state index in [0.717, 1.165) is 6.07 Å². The smallest absolute Gasteiger partial charge is 0.341 e. The molecule has 0 heterocycles. The summed E-state index contributed by atoms with van der Waals surface area (Å²) in [4.78, 5) is -0.476. The minimum atomic E-state index is -4.69. The molecule has 0 saturated carbocycles. The van der Waals surface area contributed by atoms with Crippen LogP contribution in [-0.4, -0.2) is 14.2 Å². The van der Waals surface area contributed by atoms with E-state index in [4.69, 9.17) is 0 Å². The minimum Gasteiger partial charge on any atom is -0.380 e. The fourth-order valence-corrected chi connectivity index (χ4v) is 2.71. The molecule has 0 aliphatic carbocycles. The summed E-state index contributed by atoms with van der Waals surface area (Å²) in [6.07, 6.45) is 0. The van der Waals surface area contributed by atoms with Crippen LogP contribution in [0.1, 0.15) is 5.56 Å². The fraction of sp³-hybridized carbons (Fsp3) is 0.143. The summed E-state index contributed by atoms with van der Waals surface area (Å²) in [6, 6.07) is 11.1. The third-order valence-electron chi connectivity index (χ3n) is 2.80. The van der Waals surface area contributed by atoms with Crippen molar-refractivity contribution in [2.45, 2.75) is 17.2 Å². The molecule has 0 bridgehead atoms. The van der Waals surface area contributed by atoms with E-state index >= 15 is 0 Å². The van der Waals surface area contributed by atoms with Gasteiger partial charge in [0.05, 0.1) is 10.6 Å². The highest BCUT2D eigenvalue weighted by Gasteiger charge is 2.28. The Kier molecular flexibility index (Phi) is 4.52. The number of halogens is 3. The first-order valence-electron chi connectivity index (χ1n) is 6.00. The van der Waals surface area contributed by atoms with Gasteiger partial charge in [-0.1, -0.05) is 24.3 Å². The van der Waals surface area contributed by atoms with E-state index < -0.39 is 26.3 Å². The molecular weight excluding hydrogens is 303 g/mol. The Balaban J connectivity index is 2.26. The van der Waals surface area contributed by atoms with Crippen LogP contribution in [0.4, 0.5) is 18.9 Å². The first-order valence-corrected chi connectivity index (χ1v) is 7.55. The molecule has 0 aromatic heterocycles. The van der Waals surface area contributed by atoms with Gasteiger partial charge in [0.1, 0.15) is 5.82 Å². The molecule has 0 radical (unpaired) electrons. The Morgan fingerprint density at radius 2 is 1.76 bits per heavy atom. The van der Waals surface area contributed by atoms with Gasteiger partial charge in [0, 0.05) is 6.54 Å². The highest BCUT2D eigenvalue weighted by atomic mass is 32.2. The molecule has 112 valence electrons. The topological polar surface area (TPSA) is 46.2 Å². The lowest BCUT2D eigenvalue weighted by molar-refractivity contribution is 0.235. The maximum atomic E-state index is 13.0. The van der Waals surface area contributed by atoms with Crippen molar-refractivity contribution in [1.82, 2.24) is 0 Å². The van der Waals surface area contributed by atoms with Crippen LogP contribution in [0.3, 0.4) is 0 Å². The van der Waals surface area contributed by atoms with E-state index in [9.17, 15) is 21.6 Å². The Bertz CT molecular complexity index is 733. The van der Waals surface area contributed by atoms with Crippen LogP contribution in [0.2, 0.25) is 0 Å². The summed E-state index contributed by atoms with van der Waals surface area (Å²) in [7, 11) is -4.69. The first-order chi connectivity index (χ1) is 9.91. The highest BCUT2D eigenvalue weighted by molar-refractivity contribution is 7.91. The molecular formula is C14H12F3NO2S. The van der Waals surface area contributed by atoms with E-state index in [0.29, 0.717) is 5.56 Å². The normalized spacial score (nSPS) is 11.6. The van der Waals surface area contributed by atoms with Crippen LogP contribution in [0.5, 0.6) is 0 Å². The lowest BCUT2D eigenvalue weighted by Gasteiger charge is -2.12. The molecule has 2 aromatic rings. The quantitative estimate of drug-likeness (QED) is 0.919. The van der Waals surface area contributed by atoms with Crippen molar-refractivity contribution in [2.75, 3.05) is 5.32 Å². The molecule has 0 saturated heterocycles. The molecule has 7 heteroatoms. The van der Waals surface area contributed by atoms with E-state index in [-0.39, 0.29) is 12.2 Å². The average Bonchev–Trinajstić information content (AvgIpc) is 2.45. The van der Waals surface area contributed by atoms with Gasteiger partial charge in [0.25, 0.3) is 0 Å². The second-order valence-corrected chi connectivity index (χ2v) is 6.17. The molecule has 0 aliphatic rings. The molecule has 0 spiro atoms. The fourth-order valence-electron chi connectivity index (χ4n) is 1.80. The lowest BCUT2D eigenvalue weighted by Crippen LogP contribution is -2.14. The summed E-state index contributed by atoms with van der Waals surface area (Å²) in [5.41, 5.74) is 0.626. The number of nitrogens with one attached hydrogen (secondary N) is 1. The van der Waals surface area contributed by atoms with E-state index in [1.165, 1.54) is 36.4 Å². The van der Waals surface area contributed by atoms with Crippen molar-refractivity contribution >= 4 is 15.5 Å². The summed E-state index contributed by atoms with van der Waals surface area (Å²) >= 11 is 0. The Morgan fingerprint density at radius 1 is 1.05 bits per heavy atom. The zero-order chi connectivity index (χ0) is 15.5. The molecule has 21 heavy (non-hydrogen) atoms. The standard InChI is InChI=1S/C14H12F3NO2S/c15-11-5-3-4-10(8-11)9-18-12-6-1-2-7-13(12)21(19,20)14(16)17/h1-8,14,18H,9H2. The maximum Gasteiger partial charge on any atom is 0.341 e. The molecule has 2 aromatic carbocycles. The second kappa shape index (κ2) is 6.17. The van der Waals surface area contributed by atoms with Crippen molar-refractivity contribution in [1.29, 1.82) is 0 Å². The summed E-state index contributed by atoms with van der Waals surface area (Å²) in [5, 5.41) is 2.74. The summed E-state index contributed by atoms with van der Waals surface area (Å²) in [5.74, 6) is -3.92. The predicted molar refractivity (Wildman–Crippen MR) is 73.4 cm³/mol. The average molecular weight is 315 g/mol. The van der Waals surface area contributed by atoms with Gasteiger partial charge >= 0.3 is 5.76 Å². The monoisotopic (exact) mass is 315 g/mol. The molecule has 0 aliphatic heterocycles. The molecule has 0 fully saturated rings. The van der Waals surface area contributed by atoms with Crippen LogP contribution in [-0.2, 0) is 16.4 Å². The predicted octanol–water partition coefficient (Wildman–Crippen LogP) is 3.43. The van der Waals surface area contributed by atoms with Crippen molar-refractivity contribution in [2.24, 2.45) is 0 Å². The number of hydrogen-bond donors (Lipinski definition) is 1. The third-order valence-corrected chi connectivity index (χ3v) is 4.24. The second-order valence-electron chi connectivity index (χ2n) is 4.29. The van der Waals surface area contributed by atoms with Gasteiger partial charge in [-0.2, -0.15) is 8.78 Å². The van der Waals surface area contributed by atoms with Crippen molar-refractivity contribution in [3.63, 3.8) is 0 Å². The summed E-state index contributed by atoms with van der Waals surface area (Å²) < 4.78 is 61.4. The number of hydrogen-bond acceptors (Lipinski definition) is 3. The van der Waals surface area contributed by atoms with E-state index in [2.05, 4.69) is 5.32 Å². The van der Waals surface area contributed by atoms with Crippen LogP contribution >= 0.6 is 0 Å². The lowest BCUT2D eigenvalue weighted by atomic mass is 10.2. The Hall–Kier alpha value is -2.02. The largest absolute Gasteiger partial charge is 0.380 e. The number of rotatable bonds is 5. The molecule has 2 rings (SSSR count). The van der Waals surface area contributed by atoms with E-state index in [1.54, 1.807) is 6.07 Å². The Labute approximate surface area is 120 Å². The van der Waals surface area contributed by atoms with Gasteiger partial charge in [-0.05, 0) is 29.8 Å². The van der Waals surface area contributed by atoms with Crippen LogP contribution < -0.4 is 5.32 Å². The highest BCUT2D eigenvalue weighted by Crippen LogP contribution is 2.26. The molecule has 1 N–H and O–H groups in total. The summed E-state index contributed by atoms with van der Waals surface area (Å²) in [6.45, 7) is 0.119. The maximum absolute atomic E-state index is 13.0. The van der Waals surface area contributed by atoms with Crippen molar-refractivity contribution < 1.29 is 21.6 Å². The van der Waals surface area contributed by atoms with Gasteiger partial charge in [-0.15, -0.1) is 0 Å². The number of benzene rings is 2. The van der Waals surface area contributed by atoms with Gasteiger partial charge in [0.2, 0.25) is 9.84 Å².